The van der Waals surface area contributed by atoms with Gasteiger partial charge in [-0.05, 0) is 45.8 Å². The second-order valence-corrected chi connectivity index (χ2v) is 7.19. The Morgan fingerprint density at radius 3 is 2.48 bits per heavy atom. The highest BCUT2D eigenvalue weighted by Gasteiger charge is 2.26. The molecule has 0 aliphatic carbocycles. The monoisotopic (exact) mass is 316 g/mol. The Labute approximate surface area is 139 Å². The Bertz CT molecular complexity index is 573. The fraction of sp³-hybridized carbons (Fsp3) is 0.526. The van der Waals surface area contributed by atoms with Gasteiger partial charge in [0.1, 0.15) is 5.60 Å². The van der Waals surface area contributed by atoms with Crippen molar-refractivity contribution in [3.05, 3.63) is 47.2 Å². The molecule has 1 aliphatic rings. The van der Waals surface area contributed by atoms with E-state index < -0.39 is 5.60 Å². The van der Waals surface area contributed by atoms with Crippen molar-refractivity contribution in [2.45, 2.75) is 52.7 Å². The minimum Gasteiger partial charge on any atom is -0.444 e. The predicted octanol–water partition coefficient (Wildman–Crippen LogP) is 4.25. The van der Waals surface area contributed by atoms with Crippen molar-refractivity contribution in [2.75, 3.05) is 13.1 Å². The number of amides is 1. The Morgan fingerprint density at radius 2 is 1.91 bits per heavy atom. The van der Waals surface area contributed by atoms with Crippen LogP contribution >= 0.6 is 0 Å². The molecule has 0 fully saturated rings. The molecular weight excluding hydrogens is 288 g/mol. The van der Waals surface area contributed by atoms with Crippen molar-refractivity contribution in [1.29, 1.82) is 0 Å². The molecule has 1 aliphatic heterocycles. The molecule has 126 valence electrons. The van der Waals surface area contributed by atoms with Crippen LogP contribution in [0.5, 0.6) is 0 Å². The molecule has 1 N–H and O–H groups in total. The SMILES string of the molecule is CC1=C(N[C@H](C)c2ccccc2)CCN(C(=O)OC(C)(C)C)C1. The highest BCUT2D eigenvalue weighted by atomic mass is 16.6. The van der Waals surface area contributed by atoms with Gasteiger partial charge in [-0.3, -0.25) is 0 Å². The van der Waals surface area contributed by atoms with E-state index >= 15 is 0 Å². The lowest BCUT2D eigenvalue weighted by Crippen LogP contribution is -2.42. The van der Waals surface area contributed by atoms with Gasteiger partial charge < -0.3 is 15.0 Å². The molecule has 0 aromatic heterocycles. The number of hydrogen-bond donors (Lipinski definition) is 1. The number of carbonyl (C=O) groups is 1. The molecule has 1 amide bonds. The molecular formula is C19H28N2O2. The lowest BCUT2D eigenvalue weighted by molar-refractivity contribution is 0.0258. The van der Waals surface area contributed by atoms with Gasteiger partial charge in [-0.15, -0.1) is 0 Å². The first-order valence-electron chi connectivity index (χ1n) is 8.24. The standard InChI is InChI=1S/C19H28N2O2/c1-14-13-21(18(22)23-19(3,4)5)12-11-17(14)20-15(2)16-9-7-6-8-10-16/h6-10,15,20H,11-13H2,1-5H3/t15-/m1/s1. The van der Waals surface area contributed by atoms with Crippen molar-refractivity contribution in [1.82, 2.24) is 10.2 Å². The largest absolute Gasteiger partial charge is 0.444 e. The average molecular weight is 316 g/mol. The maximum absolute atomic E-state index is 12.2. The number of benzene rings is 1. The van der Waals surface area contributed by atoms with Crippen LogP contribution in [0.2, 0.25) is 0 Å². The first-order chi connectivity index (χ1) is 10.8. The Kier molecular flexibility index (Phi) is 5.34. The van der Waals surface area contributed by atoms with Gasteiger partial charge in [0, 0.05) is 31.2 Å². The molecule has 23 heavy (non-hydrogen) atoms. The molecule has 4 heteroatoms. The Balaban J connectivity index is 1.98. The smallest absolute Gasteiger partial charge is 0.410 e. The summed E-state index contributed by atoms with van der Waals surface area (Å²) in [5.74, 6) is 0. The zero-order valence-electron chi connectivity index (χ0n) is 14.8. The summed E-state index contributed by atoms with van der Waals surface area (Å²) in [6, 6.07) is 10.7. The Hall–Kier alpha value is -1.97. The van der Waals surface area contributed by atoms with Gasteiger partial charge in [-0.25, -0.2) is 4.79 Å². The van der Waals surface area contributed by atoms with Crippen LogP contribution in [0, 0.1) is 0 Å². The second-order valence-electron chi connectivity index (χ2n) is 7.19. The number of rotatable bonds is 3. The summed E-state index contributed by atoms with van der Waals surface area (Å²) in [7, 11) is 0. The minimum atomic E-state index is -0.449. The molecule has 2 rings (SSSR count). The molecule has 0 unspecified atom stereocenters. The van der Waals surface area contributed by atoms with Crippen molar-refractivity contribution in [3.8, 4) is 0 Å². The predicted molar refractivity (Wildman–Crippen MR) is 93.1 cm³/mol. The fourth-order valence-corrected chi connectivity index (χ4v) is 2.69. The van der Waals surface area contributed by atoms with Gasteiger partial charge in [0.2, 0.25) is 0 Å². The van der Waals surface area contributed by atoms with E-state index in [0.29, 0.717) is 13.1 Å². The molecule has 1 aromatic carbocycles. The lowest BCUT2D eigenvalue weighted by atomic mass is 10.0. The van der Waals surface area contributed by atoms with Gasteiger partial charge in [-0.1, -0.05) is 30.3 Å². The van der Waals surface area contributed by atoms with E-state index in [4.69, 9.17) is 4.74 Å². The minimum absolute atomic E-state index is 0.230. The maximum Gasteiger partial charge on any atom is 0.410 e. The number of carbonyl (C=O) groups excluding carboxylic acids is 1. The van der Waals surface area contributed by atoms with Gasteiger partial charge in [0.15, 0.2) is 0 Å². The van der Waals surface area contributed by atoms with E-state index in [2.05, 4.69) is 43.4 Å². The summed E-state index contributed by atoms with van der Waals surface area (Å²) in [5, 5.41) is 3.59. The van der Waals surface area contributed by atoms with Crippen LogP contribution < -0.4 is 5.32 Å². The molecule has 0 saturated carbocycles. The molecule has 1 heterocycles. The summed E-state index contributed by atoms with van der Waals surface area (Å²) >= 11 is 0. The summed E-state index contributed by atoms with van der Waals surface area (Å²) in [4.78, 5) is 13.9. The second kappa shape index (κ2) is 7.07. The maximum atomic E-state index is 12.2. The normalized spacial score (nSPS) is 17.0. The van der Waals surface area contributed by atoms with Gasteiger partial charge in [0.05, 0.1) is 0 Å². The van der Waals surface area contributed by atoms with Crippen LogP contribution in [-0.2, 0) is 4.74 Å². The number of nitrogens with one attached hydrogen (secondary N) is 1. The van der Waals surface area contributed by atoms with Crippen molar-refractivity contribution in [3.63, 3.8) is 0 Å². The highest BCUT2D eigenvalue weighted by Crippen LogP contribution is 2.22. The zero-order chi connectivity index (χ0) is 17.0. The third-order valence-electron chi connectivity index (χ3n) is 3.92. The van der Waals surface area contributed by atoms with E-state index in [1.807, 2.05) is 26.8 Å². The molecule has 4 nitrogen and oxygen atoms in total. The fourth-order valence-electron chi connectivity index (χ4n) is 2.69. The van der Waals surface area contributed by atoms with Gasteiger partial charge >= 0.3 is 6.09 Å². The Morgan fingerprint density at radius 1 is 1.26 bits per heavy atom. The van der Waals surface area contributed by atoms with Crippen molar-refractivity contribution >= 4 is 6.09 Å². The van der Waals surface area contributed by atoms with Crippen LogP contribution in [0.25, 0.3) is 0 Å². The molecule has 0 saturated heterocycles. The van der Waals surface area contributed by atoms with Crippen LogP contribution in [-0.4, -0.2) is 29.7 Å². The number of hydrogen-bond acceptors (Lipinski definition) is 3. The average Bonchev–Trinajstić information content (AvgIpc) is 2.48. The van der Waals surface area contributed by atoms with Crippen LogP contribution in [0.1, 0.15) is 52.6 Å². The van der Waals surface area contributed by atoms with E-state index in [1.54, 1.807) is 4.90 Å². The first kappa shape index (κ1) is 17.4. The third kappa shape index (κ3) is 5.02. The summed E-state index contributed by atoms with van der Waals surface area (Å²) in [6.07, 6.45) is 0.606. The van der Waals surface area contributed by atoms with E-state index in [1.165, 1.54) is 16.8 Å². The van der Waals surface area contributed by atoms with E-state index in [-0.39, 0.29) is 12.1 Å². The molecule has 1 aromatic rings. The van der Waals surface area contributed by atoms with E-state index in [0.717, 1.165) is 6.42 Å². The van der Waals surface area contributed by atoms with Crippen molar-refractivity contribution in [2.24, 2.45) is 0 Å². The van der Waals surface area contributed by atoms with E-state index in [9.17, 15) is 4.79 Å². The van der Waals surface area contributed by atoms with Gasteiger partial charge in [-0.2, -0.15) is 0 Å². The molecule has 0 bridgehead atoms. The molecule has 0 radical (unpaired) electrons. The summed E-state index contributed by atoms with van der Waals surface area (Å²) in [6.45, 7) is 11.2. The van der Waals surface area contributed by atoms with Crippen LogP contribution in [0.4, 0.5) is 4.79 Å². The zero-order valence-corrected chi connectivity index (χ0v) is 14.8. The first-order valence-corrected chi connectivity index (χ1v) is 8.24. The summed E-state index contributed by atoms with van der Waals surface area (Å²) < 4.78 is 5.46. The summed E-state index contributed by atoms with van der Waals surface area (Å²) in [5.41, 5.74) is 3.25. The van der Waals surface area contributed by atoms with Crippen LogP contribution in [0.15, 0.2) is 41.6 Å². The number of nitrogens with zero attached hydrogens (tertiary/aromatic N) is 1. The molecule has 0 spiro atoms. The third-order valence-corrected chi connectivity index (χ3v) is 3.92. The topological polar surface area (TPSA) is 41.6 Å². The molecule has 1 atom stereocenters. The highest BCUT2D eigenvalue weighted by molar-refractivity contribution is 5.68. The van der Waals surface area contributed by atoms with Crippen molar-refractivity contribution < 1.29 is 9.53 Å². The van der Waals surface area contributed by atoms with Crippen LogP contribution in [0.3, 0.4) is 0 Å². The van der Waals surface area contributed by atoms with Gasteiger partial charge in [0.25, 0.3) is 0 Å². The lowest BCUT2D eigenvalue weighted by Gasteiger charge is -2.33. The number of ether oxygens (including phenoxy) is 1. The quantitative estimate of drug-likeness (QED) is 0.906.